The first kappa shape index (κ1) is 18.6. The summed E-state index contributed by atoms with van der Waals surface area (Å²) < 4.78 is 5.55. The van der Waals surface area contributed by atoms with Gasteiger partial charge >= 0.3 is 6.09 Å². The maximum Gasteiger partial charge on any atom is 0.410 e. The molecule has 1 aliphatic carbocycles. The predicted molar refractivity (Wildman–Crippen MR) is 94.6 cm³/mol. The van der Waals surface area contributed by atoms with Gasteiger partial charge in [0.05, 0.1) is 0 Å². The van der Waals surface area contributed by atoms with E-state index in [-0.39, 0.29) is 6.09 Å². The molecule has 0 bridgehead atoms. The molecule has 1 N–H and O–H groups in total. The minimum Gasteiger partial charge on any atom is -0.444 e. The first-order chi connectivity index (χ1) is 10.8. The Balaban J connectivity index is 1.70. The summed E-state index contributed by atoms with van der Waals surface area (Å²) in [6.07, 6.45) is 10.1. The zero-order chi connectivity index (χ0) is 16.9. The number of nitrogens with one attached hydrogen (secondary N) is 1. The Morgan fingerprint density at radius 1 is 1.22 bits per heavy atom. The molecule has 1 saturated carbocycles. The molecule has 0 aromatic carbocycles. The summed E-state index contributed by atoms with van der Waals surface area (Å²) in [6, 6.07) is 0.795. The minimum absolute atomic E-state index is 0.141. The monoisotopic (exact) mass is 324 g/mol. The Labute approximate surface area is 142 Å². The van der Waals surface area contributed by atoms with Gasteiger partial charge < -0.3 is 15.0 Å². The van der Waals surface area contributed by atoms with Gasteiger partial charge in [-0.15, -0.1) is 0 Å². The molecule has 2 rings (SSSR count). The Hall–Kier alpha value is -0.770. The zero-order valence-corrected chi connectivity index (χ0v) is 15.6. The molecule has 134 valence electrons. The van der Waals surface area contributed by atoms with E-state index in [0.29, 0.717) is 12.1 Å². The van der Waals surface area contributed by atoms with E-state index in [2.05, 4.69) is 12.2 Å². The number of carbonyl (C=O) groups is 1. The molecule has 0 radical (unpaired) electrons. The molecule has 2 fully saturated rings. The average Bonchev–Trinajstić information content (AvgIpc) is 3.07. The van der Waals surface area contributed by atoms with E-state index in [0.717, 1.165) is 38.3 Å². The van der Waals surface area contributed by atoms with Crippen molar-refractivity contribution in [2.24, 2.45) is 5.92 Å². The highest BCUT2D eigenvalue weighted by molar-refractivity contribution is 5.68. The molecule has 0 aromatic heterocycles. The van der Waals surface area contributed by atoms with E-state index in [4.69, 9.17) is 4.74 Å². The third kappa shape index (κ3) is 6.33. The van der Waals surface area contributed by atoms with Gasteiger partial charge in [-0.2, -0.15) is 0 Å². The summed E-state index contributed by atoms with van der Waals surface area (Å²) in [4.78, 5) is 14.3. The number of amides is 1. The van der Waals surface area contributed by atoms with Crippen LogP contribution < -0.4 is 5.32 Å². The minimum atomic E-state index is -0.407. The van der Waals surface area contributed by atoms with Crippen LogP contribution in [0.15, 0.2) is 0 Å². The number of rotatable bonds is 6. The van der Waals surface area contributed by atoms with Crippen LogP contribution in [-0.2, 0) is 4.74 Å². The molecule has 1 saturated heterocycles. The Morgan fingerprint density at radius 2 is 1.91 bits per heavy atom. The SMILES string of the molecule is CC(CC1CCCN1C(=O)OC(C)(C)C)NCCC1CCCC1. The quantitative estimate of drug-likeness (QED) is 0.790. The van der Waals surface area contributed by atoms with Crippen molar-refractivity contribution in [2.75, 3.05) is 13.1 Å². The molecule has 4 heteroatoms. The van der Waals surface area contributed by atoms with Crippen molar-refractivity contribution in [2.45, 2.75) is 96.7 Å². The molecule has 4 nitrogen and oxygen atoms in total. The van der Waals surface area contributed by atoms with Crippen molar-refractivity contribution in [1.29, 1.82) is 0 Å². The molecule has 1 aliphatic heterocycles. The largest absolute Gasteiger partial charge is 0.444 e. The molecule has 0 spiro atoms. The molecule has 2 atom stereocenters. The Kier molecular flexibility index (Phi) is 6.75. The van der Waals surface area contributed by atoms with Crippen LogP contribution in [0.1, 0.15) is 79.1 Å². The van der Waals surface area contributed by atoms with Gasteiger partial charge in [-0.05, 0) is 65.8 Å². The van der Waals surface area contributed by atoms with Gasteiger partial charge in [0.2, 0.25) is 0 Å². The smallest absolute Gasteiger partial charge is 0.410 e. The van der Waals surface area contributed by atoms with E-state index < -0.39 is 5.60 Å². The Morgan fingerprint density at radius 3 is 2.57 bits per heavy atom. The van der Waals surface area contributed by atoms with Crippen LogP contribution in [0.4, 0.5) is 4.79 Å². The van der Waals surface area contributed by atoms with E-state index >= 15 is 0 Å². The second kappa shape index (κ2) is 8.36. The van der Waals surface area contributed by atoms with Gasteiger partial charge in [-0.3, -0.25) is 0 Å². The zero-order valence-electron chi connectivity index (χ0n) is 15.6. The van der Waals surface area contributed by atoms with Crippen molar-refractivity contribution >= 4 is 6.09 Å². The first-order valence-electron chi connectivity index (χ1n) is 9.58. The van der Waals surface area contributed by atoms with Crippen molar-refractivity contribution in [3.05, 3.63) is 0 Å². The van der Waals surface area contributed by atoms with Crippen molar-refractivity contribution in [3.8, 4) is 0 Å². The summed E-state index contributed by atoms with van der Waals surface area (Å²) in [5.41, 5.74) is -0.407. The van der Waals surface area contributed by atoms with Crippen LogP contribution in [0.25, 0.3) is 0 Å². The molecule has 1 heterocycles. The second-order valence-corrected chi connectivity index (χ2v) is 8.50. The highest BCUT2D eigenvalue weighted by Gasteiger charge is 2.32. The molecule has 2 unspecified atom stereocenters. The lowest BCUT2D eigenvalue weighted by Crippen LogP contribution is -2.42. The highest BCUT2D eigenvalue weighted by Crippen LogP contribution is 2.27. The molecule has 23 heavy (non-hydrogen) atoms. The molecular weight excluding hydrogens is 288 g/mol. The first-order valence-corrected chi connectivity index (χ1v) is 9.58. The molecule has 2 aliphatic rings. The van der Waals surface area contributed by atoms with Gasteiger partial charge in [0, 0.05) is 18.6 Å². The van der Waals surface area contributed by atoms with Gasteiger partial charge in [0.1, 0.15) is 5.60 Å². The van der Waals surface area contributed by atoms with Crippen LogP contribution in [0, 0.1) is 5.92 Å². The summed E-state index contributed by atoms with van der Waals surface area (Å²) in [5, 5.41) is 3.67. The van der Waals surface area contributed by atoms with Crippen molar-refractivity contribution < 1.29 is 9.53 Å². The van der Waals surface area contributed by atoms with Crippen LogP contribution in [-0.4, -0.2) is 41.8 Å². The third-order valence-electron chi connectivity index (χ3n) is 5.15. The highest BCUT2D eigenvalue weighted by atomic mass is 16.6. The number of likely N-dealkylation sites (tertiary alicyclic amines) is 1. The fraction of sp³-hybridized carbons (Fsp3) is 0.947. The fourth-order valence-electron chi connectivity index (χ4n) is 3.97. The predicted octanol–water partition coefficient (Wildman–Crippen LogP) is 4.33. The summed E-state index contributed by atoms with van der Waals surface area (Å²) in [6.45, 7) is 10.0. The number of nitrogens with zero attached hydrogens (tertiary/aromatic N) is 1. The second-order valence-electron chi connectivity index (χ2n) is 8.50. The Bertz CT molecular complexity index is 372. The van der Waals surface area contributed by atoms with Crippen molar-refractivity contribution in [3.63, 3.8) is 0 Å². The third-order valence-corrected chi connectivity index (χ3v) is 5.15. The lowest BCUT2D eigenvalue weighted by Gasteiger charge is -2.30. The van der Waals surface area contributed by atoms with Gasteiger partial charge in [0.25, 0.3) is 0 Å². The van der Waals surface area contributed by atoms with E-state index in [1.165, 1.54) is 32.1 Å². The van der Waals surface area contributed by atoms with Gasteiger partial charge in [-0.25, -0.2) is 4.79 Å². The van der Waals surface area contributed by atoms with Crippen LogP contribution in [0.2, 0.25) is 0 Å². The van der Waals surface area contributed by atoms with Crippen LogP contribution in [0.3, 0.4) is 0 Å². The lowest BCUT2D eigenvalue weighted by atomic mass is 10.0. The topological polar surface area (TPSA) is 41.6 Å². The van der Waals surface area contributed by atoms with E-state index in [1.807, 2.05) is 25.7 Å². The average molecular weight is 325 g/mol. The lowest BCUT2D eigenvalue weighted by molar-refractivity contribution is 0.0214. The van der Waals surface area contributed by atoms with Gasteiger partial charge in [-0.1, -0.05) is 25.7 Å². The number of hydrogen-bond donors (Lipinski definition) is 1. The maximum absolute atomic E-state index is 12.3. The van der Waals surface area contributed by atoms with Gasteiger partial charge in [0.15, 0.2) is 0 Å². The maximum atomic E-state index is 12.3. The van der Waals surface area contributed by atoms with Crippen molar-refractivity contribution in [1.82, 2.24) is 10.2 Å². The van der Waals surface area contributed by atoms with E-state index in [9.17, 15) is 4.79 Å². The normalized spacial score (nSPS) is 24.2. The van der Waals surface area contributed by atoms with Crippen LogP contribution in [0.5, 0.6) is 0 Å². The van der Waals surface area contributed by atoms with Crippen LogP contribution >= 0.6 is 0 Å². The summed E-state index contributed by atoms with van der Waals surface area (Å²) in [5.74, 6) is 0.944. The summed E-state index contributed by atoms with van der Waals surface area (Å²) in [7, 11) is 0. The number of carbonyl (C=O) groups excluding carboxylic acids is 1. The molecular formula is C19H36N2O2. The van der Waals surface area contributed by atoms with E-state index in [1.54, 1.807) is 0 Å². The molecule has 0 aromatic rings. The number of ether oxygens (including phenoxy) is 1. The fourth-order valence-corrected chi connectivity index (χ4v) is 3.97. The molecule has 1 amide bonds. The standard InChI is InChI=1S/C19H36N2O2/c1-15(20-12-11-16-8-5-6-9-16)14-17-10-7-13-21(17)18(22)23-19(2,3)4/h15-17,20H,5-14H2,1-4H3. The summed E-state index contributed by atoms with van der Waals surface area (Å²) >= 11 is 0. The number of hydrogen-bond acceptors (Lipinski definition) is 3.